The summed E-state index contributed by atoms with van der Waals surface area (Å²) in [4.78, 5) is 2.38. The van der Waals surface area contributed by atoms with Gasteiger partial charge in [-0.2, -0.15) is 0 Å². The second kappa shape index (κ2) is 3.23. The van der Waals surface area contributed by atoms with Gasteiger partial charge in [0.05, 0.1) is 19.3 Å². The minimum atomic E-state index is -0.169. The van der Waals surface area contributed by atoms with Crippen LogP contribution in [-0.2, 0) is 9.47 Å². The van der Waals surface area contributed by atoms with Crippen molar-refractivity contribution in [3.8, 4) is 0 Å². The smallest absolute Gasteiger partial charge is 0.145 e. The molecule has 0 N–H and O–H groups in total. The van der Waals surface area contributed by atoms with Crippen LogP contribution in [0.15, 0.2) is 30.3 Å². The quantitative estimate of drug-likeness (QED) is 0.764. The van der Waals surface area contributed by atoms with Crippen LogP contribution in [0.2, 0.25) is 0 Å². The third-order valence-electron chi connectivity index (χ3n) is 4.19. The molecule has 0 spiro atoms. The lowest BCUT2D eigenvalue weighted by atomic mass is 10.0. The molecule has 0 amide bonds. The molecule has 3 nitrogen and oxygen atoms in total. The van der Waals surface area contributed by atoms with E-state index in [9.17, 15) is 0 Å². The van der Waals surface area contributed by atoms with Gasteiger partial charge in [0.1, 0.15) is 11.4 Å². The van der Waals surface area contributed by atoms with Gasteiger partial charge >= 0.3 is 0 Å². The van der Waals surface area contributed by atoms with Crippen molar-refractivity contribution in [2.45, 2.75) is 31.3 Å². The molecule has 4 rings (SSSR count). The first-order valence-corrected chi connectivity index (χ1v) is 6.47. The van der Waals surface area contributed by atoms with E-state index >= 15 is 0 Å². The molecule has 18 heavy (non-hydrogen) atoms. The predicted molar refractivity (Wildman–Crippen MR) is 68.8 cm³/mol. The van der Waals surface area contributed by atoms with Gasteiger partial charge in [-0.15, -0.1) is 0 Å². The summed E-state index contributed by atoms with van der Waals surface area (Å²) in [6.07, 6.45) is 4.45. The molecule has 3 heteroatoms. The Morgan fingerprint density at radius 3 is 2.33 bits per heavy atom. The van der Waals surface area contributed by atoms with Gasteiger partial charge in [0.2, 0.25) is 0 Å². The van der Waals surface area contributed by atoms with E-state index in [0.717, 1.165) is 13.2 Å². The van der Waals surface area contributed by atoms with Crippen molar-refractivity contribution >= 4 is 6.08 Å². The SMILES string of the molecule is CC1(N(C2C=Cc3ccccc32)C2(C)CO2)CO1. The summed E-state index contributed by atoms with van der Waals surface area (Å²) >= 11 is 0. The summed E-state index contributed by atoms with van der Waals surface area (Å²) in [5, 5.41) is 0. The Bertz CT molecular complexity index is 511. The molecular weight excluding hydrogens is 226 g/mol. The topological polar surface area (TPSA) is 28.3 Å². The molecule has 0 bridgehead atoms. The molecule has 1 aliphatic carbocycles. The van der Waals surface area contributed by atoms with Crippen LogP contribution in [-0.4, -0.2) is 29.6 Å². The predicted octanol–water partition coefficient (Wildman–Crippen LogP) is 2.55. The highest BCUT2D eigenvalue weighted by molar-refractivity contribution is 5.62. The molecule has 2 fully saturated rings. The highest BCUT2D eigenvalue weighted by Gasteiger charge is 2.61. The van der Waals surface area contributed by atoms with Crippen LogP contribution in [0, 0.1) is 0 Å². The van der Waals surface area contributed by atoms with Gasteiger partial charge in [-0.1, -0.05) is 36.4 Å². The summed E-state index contributed by atoms with van der Waals surface area (Å²) < 4.78 is 11.3. The molecule has 3 atom stereocenters. The fourth-order valence-electron chi connectivity index (χ4n) is 3.03. The molecule has 2 heterocycles. The molecule has 0 saturated carbocycles. The Balaban J connectivity index is 1.76. The van der Waals surface area contributed by atoms with Gasteiger partial charge in [0.25, 0.3) is 0 Å². The van der Waals surface area contributed by atoms with Gasteiger partial charge in [-0.3, -0.25) is 0 Å². The van der Waals surface area contributed by atoms with E-state index < -0.39 is 0 Å². The van der Waals surface area contributed by atoms with Crippen LogP contribution in [0.1, 0.15) is 31.0 Å². The lowest BCUT2D eigenvalue weighted by Crippen LogP contribution is -2.47. The Morgan fingerprint density at radius 1 is 1.11 bits per heavy atom. The van der Waals surface area contributed by atoms with E-state index in [0.29, 0.717) is 0 Å². The first-order valence-electron chi connectivity index (χ1n) is 6.47. The van der Waals surface area contributed by atoms with Crippen LogP contribution < -0.4 is 0 Å². The van der Waals surface area contributed by atoms with Crippen molar-refractivity contribution in [3.63, 3.8) is 0 Å². The normalized spacial score (nSPS) is 40.1. The summed E-state index contributed by atoms with van der Waals surface area (Å²) in [7, 11) is 0. The summed E-state index contributed by atoms with van der Waals surface area (Å²) in [6.45, 7) is 5.88. The van der Waals surface area contributed by atoms with Crippen LogP contribution in [0.25, 0.3) is 6.08 Å². The largest absolute Gasteiger partial charge is 0.354 e. The van der Waals surface area contributed by atoms with Crippen LogP contribution >= 0.6 is 0 Å². The monoisotopic (exact) mass is 243 g/mol. The number of nitrogens with zero attached hydrogens (tertiary/aromatic N) is 1. The molecule has 1 aromatic carbocycles. The minimum absolute atomic E-state index is 0.169. The summed E-state index contributed by atoms with van der Waals surface area (Å²) in [6, 6.07) is 8.81. The van der Waals surface area contributed by atoms with Crippen molar-refractivity contribution in [3.05, 3.63) is 41.5 Å². The number of rotatable bonds is 3. The standard InChI is InChI=1S/C15H17NO2/c1-14(9-17-14)16(15(2)10-18-15)13-8-7-11-5-3-4-6-12(11)13/h3-8,13H,9-10H2,1-2H3. The third kappa shape index (κ3) is 1.41. The first-order chi connectivity index (χ1) is 8.62. The molecule has 2 saturated heterocycles. The fourth-order valence-corrected chi connectivity index (χ4v) is 3.03. The third-order valence-corrected chi connectivity index (χ3v) is 4.19. The molecule has 0 aromatic heterocycles. The zero-order valence-corrected chi connectivity index (χ0v) is 10.7. The maximum absolute atomic E-state index is 5.66. The zero-order chi connectivity index (χ0) is 12.4. The molecule has 94 valence electrons. The van der Waals surface area contributed by atoms with Crippen molar-refractivity contribution in [1.82, 2.24) is 4.90 Å². The number of epoxide rings is 2. The highest BCUT2D eigenvalue weighted by Crippen LogP contribution is 2.50. The minimum Gasteiger partial charge on any atom is -0.354 e. The van der Waals surface area contributed by atoms with Crippen molar-refractivity contribution < 1.29 is 9.47 Å². The Hall–Kier alpha value is -1.16. The lowest BCUT2D eigenvalue weighted by molar-refractivity contribution is -0.0271. The van der Waals surface area contributed by atoms with E-state index in [-0.39, 0.29) is 17.5 Å². The number of hydrogen-bond donors (Lipinski definition) is 0. The van der Waals surface area contributed by atoms with E-state index in [4.69, 9.17) is 9.47 Å². The number of ether oxygens (including phenoxy) is 2. The van der Waals surface area contributed by atoms with E-state index in [2.05, 4.69) is 55.2 Å². The zero-order valence-electron chi connectivity index (χ0n) is 10.7. The second-order valence-corrected chi connectivity index (χ2v) is 5.73. The molecule has 1 aromatic rings. The van der Waals surface area contributed by atoms with Gasteiger partial charge in [0, 0.05) is 0 Å². The van der Waals surface area contributed by atoms with E-state index in [1.54, 1.807) is 0 Å². The van der Waals surface area contributed by atoms with Gasteiger partial charge in [-0.05, 0) is 25.0 Å². The number of hydrogen-bond acceptors (Lipinski definition) is 3. The Kier molecular flexibility index (Phi) is 1.93. The second-order valence-electron chi connectivity index (χ2n) is 5.73. The Morgan fingerprint density at radius 2 is 1.72 bits per heavy atom. The van der Waals surface area contributed by atoms with Gasteiger partial charge < -0.3 is 9.47 Å². The molecule has 3 unspecified atom stereocenters. The van der Waals surface area contributed by atoms with Crippen LogP contribution in [0.3, 0.4) is 0 Å². The first kappa shape index (κ1) is 10.7. The van der Waals surface area contributed by atoms with Crippen molar-refractivity contribution in [2.75, 3.05) is 13.2 Å². The molecule has 0 radical (unpaired) electrons. The van der Waals surface area contributed by atoms with E-state index in [1.165, 1.54) is 11.1 Å². The maximum atomic E-state index is 5.66. The molecular formula is C15H17NO2. The number of fused-ring (bicyclic) bond motifs is 1. The van der Waals surface area contributed by atoms with Gasteiger partial charge in [-0.25, -0.2) is 4.90 Å². The van der Waals surface area contributed by atoms with Crippen LogP contribution in [0.5, 0.6) is 0 Å². The lowest BCUT2D eigenvalue weighted by Gasteiger charge is -2.35. The molecule has 2 aliphatic heterocycles. The van der Waals surface area contributed by atoms with Crippen molar-refractivity contribution in [1.29, 1.82) is 0 Å². The van der Waals surface area contributed by atoms with Crippen molar-refractivity contribution in [2.24, 2.45) is 0 Å². The molecule has 3 aliphatic rings. The number of benzene rings is 1. The Labute approximate surface area is 107 Å². The average Bonchev–Trinajstić information content (AvgIpc) is 3.23. The fraction of sp³-hybridized carbons (Fsp3) is 0.467. The highest BCUT2D eigenvalue weighted by atomic mass is 16.7. The maximum Gasteiger partial charge on any atom is 0.145 e. The average molecular weight is 243 g/mol. The summed E-state index contributed by atoms with van der Waals surface area (Å²) in [5.41, 5.74) is 2.32. The summed E-state index contributed by atoms with van der Waals surface area (Å²) in [5.74, 6) is 0. The van der Waals surface area contributed by atoms with Gasteiger partial charge in [0.15, 0.2) is 0 Å². The van der Waals surface area contributed by atoms with E-state index in [1.807, 2.05) is 0 Å². The van der Waals surface area contributed by atoms with Crippen LogP contribution in [0.4, 0.5) is 0 Å².